The van der Waals surface area contributed by atoms with Crippen molar-refractivity contribution in [2.45, 2.75) is 50.6 Å². The van der Waals surface area contributed by atoms with Crippen LogP contribution in [0.15, 0.2) is 18.2 Å². The van der Waals surface area contributed by atoms with E-state index in [1.807, 2.05) is 6.92 Å². The zero-order valence-corrected chi connectivity index (χ0v) is 11.3. The molecule has 1 aromatic carbocycles. The summed E-state index contributed by atoms with van der Waals surface area (Å²) in [4.78, 5) is 0. The van der Waals surface area contributed by atoms with Crippen molar-refractivity contribution in [3.63, 3.8) is 0 Å². The third-order valence-corrected chi connectivity index (χ3v) is 3.60. The average Bonchev–Trinajstić information content (AvgIpc) is 2.72. The smallest absolute Gasteiger partial charge is 0.311 e. The fourth-order valence-corrected chi connectivity index (χ4v) is 2.60. The molecule has 1 aliphatic rings. The maximum Gasteiger partial charge on any atom is 0.416 e. The van der Waals surface area contributed by atoms with E-state index in [4.69, 9.17) is 0 Å². The van der Waals surface area contributed by atoms with Crippen molar-refractivity contribution in [1.82, 2.24) is 5.32 Å². The van der Waals surface area contributed by atoms with Gasteiger partial charge in [-0.2, -0.15) is 26.3 Å². The Hall–Kier alpha value is -1.24. The highest BCUT2D eigenvalue weighted by Crippen LogP contribution is 2.36. The van der Waals surface area contributed by atoms with Gasteiger partial charge in [0.1, 0.15) is 0 Å². The lowest BCUT2D eigenvalue weighted by Gasteiger charge is -2.16. The van der Waals surface area contributed by atoms with Crippen LogP contribution < -0.4 is 5.32 Å². The first-order chi connectivity index (χ1) is 9.55. The van der Waals surface area contributed by atoms with Gasteiger partial charge in [-0.1, -0.05) is 0 Å². The number of hydrogen-bond acceptors (Lipinski definition) is 1. The van der Waals surface area contributed by atoms with Crippen LogP contribution in [0.1, 0.15) is 36.5 Å². The Bertz CT molecular complexity index is 473. The number of benzene rings is 1. The second-order valence-electron chi connectivity index (χ2n) is 5.46. The second-order valence-corrected chi connectivity index (χ2v) is 5.46. The molecule has 0 amide bonds. The molecule has 1 N–H and O–H groups in total. The summed E-state index contributed by atoms with van der Waals surface area (Å²) in [5.74, 6) is 0. The standard InChI is InChI=1S/C14H15F6N/c1-8-2-3-12(21-8)6-9-4-10(13(15,16)17)7-11(5-9)14(18,19)20/h4-5,7-8,12,21H,2-3,6H2,1H3. The summed E-state index contributed by atoms with van der Waals surface area (Å²) < 4.78 is 76.4. The summed E-state index contributed by atoms with van der Waals surface area (Å²) >= 11 is 0. The van der Waals surface area contributed by atoms with Gasteiger partial charge >= 0.3 is 12.4 Å². The zero-order valence-electron chi connectivity index (χ0n) is 11.3. The van der Waals surface area contributed by atoms with Crippen molar-refractivity contribution in [3.8, 4) is 0 Å². The molecule has 0 bridgehead atoms. The molecule has 21 heavy (non-hydrogen) atoms. The zero-order chi connectivity index (χ0) is 15.8. The third kappa shape index (κ3) is 4.12. The Kier molecular flexibility index (Phi) is 4.24. The molecular weight excluding hydrogens is 296 g/mol. The van der Waals surface area contributed by atoms with Crippen LogP contribution >= 0.6 is 0 Å². The normalized spacial score (nSPS) is 23.6. The predicted molar refractivity (Wildman–Crippen MR) is 65.8 cm³/mol. The van der Waals surface area contributed by atoms with Crippen molar-refractivity contribution in [2.75, 3.05) is 0 Å². The van der Waals surface area contributed by atoms with Gasteiger partial charge in [-0.15, -0.1) is 0 Å². The van der Waals surface area contributed by atoms with E-state index in [-0.39, 0.29) is 30.1 Å². The van der Waals surface area contributed by atoms with Gasteiger partial charge in [0.15, 0.2) is 0 Å². The number of hydrogen-bond donors (Lipinski definition) is 1. The molecule has 0 radical (unpaired) electrons. The van der Waals surface area contributed by atoms with Crippen LogP contribution in [-0.2, 0) is 18.8 Å². The van der Waals surface area contributed by atoms with Crippen molar-refractivity contribution < 1.29 is 26.3 Å². The van der Waals surface area contributed by atoms with E-state index in [0.29, 0.717) is 0 Å². The van der Waals surface area contributed by atoms with Crippen LogP contribution in [-0.4, -0.2) is 12.1 Å². The lowest BCUT2D eigenvalue weighted by molar-refractivity contribution is -0.143. The van der Waals surface area contributed by atoms with Gasteiger partial charge in [-0.05, 0) is 49.9 Å². The SMILES string of the molecule is CC1CCC(Cc2cc(C(F)(F)F)cc(C(F)(F)F)c2)N1. The lowest BCUT2D eigenvalue weighted by Crippen LogP contribution is -2.29. The van der Waals surface area contributed by atoms with E-state index in [9.17, 15) is 26.3 Å². The lowest BCUT2D eigenvalue weighted by atomic mass is 9.99. The topological polar surface area (TPSA) is 12.0 Å². The Balaban J connectivity index is 2.31. The summed E-state index contributed by atoms with van der Waals surface area (Å²) in [6, 6.07) is 1.93. The van der Waals surface area contributed by atoms with E-state index < -0.39 is 23.5 Å². The van der Waals surface area contributed by atoms with E-state index in [2.05, 4.69) is 5.32 Å². The Morgan fingerprint density at radius 1 is 0.952 bits per heavy atom. The van der Waals surface area contributed by atoms with Crippen LogP contribution in [0.2, 0.25) is 0 Å². The minimum Gasteiger partial charge on any atom is -0.311 e. The molecule has 2 rings (SSSR count). The number of rotatable bonds is 2. The summed E-state index contributed by atoms with van der Waals surface area (Å²) in [7, 11) is 0. The predicted octanol–water partition coefficient (Wildman–Crippen LogP) is 4.41. The molecule has 1 aromatic rings. The first-order valence-corrected chi connectivity index (χ1v) is 6.60. The quantitative estimate of drug-likeness (QED) is 0.798. The van der Waals surface area contributed by atoms with Crippen molar-refractivity contribution in [3.05, 3.63) is 34.9 Å². The molecular formula is C14H15F6N. The Morgan fingerprint density at radius 3 is 1.86 bits per heavy atom. The van der Waals surface area contributed by atoms with Gasteiger partial charge in [-0.25, -0.2) is 0 Å². The number of halogens is 6. The molecule has 1 aliphatic heterocycles. The van der Waals surface area contributed by atoms with Gasteiger partial charge in [0.05, 0.1) is 11.1 Å². The Labute approximate surface area is 118 Å². The summed E-state index contributed by atoms with van der Waals surface area (Å²) in [5.41, 5.74) is -2.44. The van der Waals surface area contributed by atoms with Gasteiger partial charge in [-0.3, -0.25) is 0 Å². The molecule has 2 atom stereocenters. The number of alkyl halides is 6. The number of nitrogens with one attached hydrogen (secondary N) is 1. The molecule has 0 spiro atoms. The van der Waals surface area contributed by atoms with Crippen LogP contribution in [0.4, 0.5) is 26.3 Å². The summed E-state index contributed by atoms with van der Waals surface area (Å²) in [5, 5.41) is 3.16. The molecule has 118 valence electrons. The molecule has 7 heteroatoms. The average molecular weight is 311 g/mol. The maximum absolute atomic E-state index is 12.7. The monoisotopic (exact) mass is 311 g/mol. The molecule has 1 fully saturated rings. The van der Waals surface area contributed by atoms with Crippen LogP contribution in [0.5, 0.6) is 0 Å². The molecule has 0 saturated carbocycles. The fraction of sp³-hybridized carbons (Fsp3) is 0.571. The van der Waals surface area contributed by atoms with E-state index in [0.717, 1.165) is 25.0 Å². The fourth-order valence-electron chi connectivity index (χ4n) is 2.60. The highest BCUT2D eigenvalue weighted by molar-refractivity contribution is 5.34. The van der Waals surface area contributed by atoms with Crippen LogP contribution in [0.3, 0.4) is 0 Å². The summed E-state index contributed by atoms with van der Waals surface area (Å²) in [6.07, 6.45) is -7.79. The van der Waals surface area contributed by atoms with E-state index >= 15 is 0 Å². The van der Waals surface area contributed by atoms with Crippen molar-refractivity contribution >= 4 is 0 Å². The van der Waals surface area contributed by atoms with Crippen LogP contribution in [0.25, 0.3) is 0 Å². The molecule has 1 saturated heterocycles. The first kappa shape index (κ1) is 16.1. The third-order valence-electron chi connectivity index (χ3n) is 3.60. The minimum absolute atomic E-state index is 0.0590. The van der Waals surface area contributed by atoms with E-state index in [1.54, 1.807) is 0 Å². The molecule has 2 unspecified atom stereocenters. The van der Waals surface area contributed by atoms with Gasteiger partial charge < -0.3 is 5.32 Å². The highest BCUT2D eigenvalue weighted by Gasteiger charge is 2.37. The van der Waals surface area contributed by atoms with Gasteiger partial charge in [0.25, 0.3) is 0 Å². The largest absolute Gasteiger partial charge is 0.416 e. The van der Waals surface area contributed by atoms with Crippen molar-refractivity contribution in [1.29, 1.82) is 0 Å². The minimum atomic E-state index is -4.79. The van der Waals surface area contributed by atoms with Crippen molar-refractivity contribution in [2.24, 2.45) is 0 Å². The second kappa shape index (κ2) is 5.51. The Morgan fingerprint density at radius 2 is 1.48 bits per heavy atom. The molecule has 1 nitrogen and oxygen atoms in total. The first-order valence-electron chi connectivity index (χ1n) is 6.60. The summed E-state index contributed by atoms with van der Waals surface area (Å²) in [6.45, 7) is 1.94. The molecule has 1 heterocycles. The van der Waals surface area contributed by atoms with Gasteiger partial charge in [0, 0.05) is 12.1 Å². The van der Waals surface area contributed by atoms with E-state index in [1.165, 1.54) is 0 Å². The highest BCUT2D eigenvalue weighted by atomic mass is 19.4. The molecule has 0 aromatic heterocycles. The van der Waals surface area contributed by atoms with Crippen LogP contribution in [0, 0.1) is 0 Å². The maximum atomic E-state index is 12.7. The molecule has 0 aliphatic carbocycles. The van der Waals surface area contributed by atoms with Gasteiger partial charge in [0.2, 0.25) is 0 Å².